The third-order valence-corrected chi connectivity index (χ3v) is 9.26. The largest absolute Gasteiger partial charge is 0.355 e. The smallest absolute Gasteiger partial charge is 0.0725 e. The van der Waals surface area contributed by atoms with Crippen LogP contribution in [0.15, 0.2) is 158 Å². The van der Waals surface area contributed by atoms with Crippen LogP contribution in [0.5, 0.6) is 0 Å². The highest BCUT2D eigenvalue weighted by Gasteiger charge is 2.51. The molecular formula is C41H27N. The minimum absolute atomic E-state index is 0.305. The van der Waals surface area contributed by atoms with E-state index in [0.29, 0.717) is 0 Å². The van der Waals surface area contributed by atoms with Crippen molar-refractivity contribution in [3.05, 3.63) is 180 Å². The van der Waals surface area contributed by atoms with E-state index in [2.05, 4.69) is 163 Å². The summed E-state index contributed by atoms with van der Waals surface area (Å²) >= 11 is 0. The molecule has 0 radical (unpaired) electrons. The van der Waals surface area contributed by atoms with Crippen molar-refractivity contribution in [2.75, 3.05) is 5.32 Å². The topological polar surface area (TPSA) is 12.0 Å². The van der Waals surface area contributed by atoms with Crippen molar-refractivity contribution in [1.29, 1.82) is 0 Å². The molecule has 0 amide bonds. The van der Waals surface area contributed by atoms with E-state index in [-0.39, 0.29) is 5.41 Å². The molecule has 7 aromatic rings. The Morgan fingerprint density at radius 3 is 1.57 bits per heavy atom. The Kier molecular flexibility index (Phi) is 4.88. The van der Waals surface area contributed by atoms with Crippen molar-refractivity contribution >= 4 is 22.1 Å². The molecule has 0 aliphatic heterocycles. The highest BCUT2D eigenvalue weighted by Crippen LogP contribution is 2.62. The van der Waals surface area contributed by atoms with Gasteiger partial charge >= 0.3 is 0 Å². The van der Waals surface area contributed by atoms with Gasteiger partial charge in [0.1, 0.15) is 0 Å². The van der Waals surface area contributed by atoms with Crippen LogP contribution in [0.4, 0.5) is 11.4 Å². The Balaban J connectivity index is 1.23. The Morgan fingerprint density at radius 2 is 0.881 bits per heavy atom. The summed E-state index contributed by atoms with van der Waals surface area (Å²) in [5.74, 6) is 0. The predicted octanol–water partition coefficient (Wildman–Crippen LogP) is 10.6. The number of rotatable bonds is 3. The lowest BCUT2D eigenvalue weighted by molar-refractivity contribution is 0.794. The number of fused-ring (bicyclic) bond motifs is 11. The predicted molar refractivity (Wildman–Crippen MR) is 175 cm³/mol. The molecule has 7 aromatic carbocycles. The number of anilines is 2. The minimum atomic E-state index is -0.305. The summed E-state index contributed by atoms with van der Waals surface area (Å²) in [6.45, 7) is 0. The van der Waals surface area contributed by atoms with Gasteiger partial charge < -0.3 is 5.32 Å². The first-order valence-electron chi connectivity index (χ1n) is 14.6. The SMILES string of the molecule is c1ccc(-c2ccc3c(c2)-c2ccccc2C32c3ccccc3-c3ccccc32)c(Nc2ccc3ccccc3c2)c1. The first-order valence-corrected chi connectivity index (χ1v) is 14.6. The average Bonchev–Trinajstić information content (AvgIpc) is 3.52. The van der Waals surface area contributed by atoms with E-state index >= 15 is 0 Å². The van der Waals surface area contributed by atoms with Gasteiger partial charge in [-0.05, 0) is 85.1 Å². The highest BCUT2D eigenvalue weighted by molar-refractivity contribution is 5.97. The van der Waals surface area contributed by atoms with E-state index in [1.807, 2.05) is 0 Å². The van der Waals surface area contributed by atoms with E-state index in [4.69, 9.17) is 0 Å². The molecule has 9 rings (SSSR count). The van der Waals surface area contributed by atoms with Crippen LogP contribution >= 0.6 is 0 Å². The molecule has 1 spiro atoms. The van der Waals surface area contributed by atoms with Crippen LogP contribution in [0.2, 0.25) is 0 Å². The Hall–Kier alpha value is -5.40. The van der Waals surface area contributed by atoms with Gasteiger partial charge in [-0.3, -0.25) is 0 Å². The summed E-state index contributed by atoms with van der Waals surface area (Å²) in [5.41, 5.74) is 15.1. The van der Waals surface area contributed by atoms with Gasteiger partial charge in [0.15, 0.2) is 0 Å². The second-order valence-electron chi connectivity index (χ2n) is 11.4. The average molecular weight is 534 g/mol. The summed E-state index contributed by atoms with van der Waals surface area (Å²) in [7, 11) is 0. The lowest BCUT2D eigenvalue weighted by atomic mass is 9.70. The maximum atomic E-state index is 3.72. The fourth-order valence-corrected chi connectivity index (χ4v) is 7.53. The quantitative estimate of drug-likeness (QED) is 0.238. The van der Waals surface area contributed by atoms with Gasteiger partial charge in [0.05, 0.1) is 5.41 Å². The molecule has 0 heterocycles. The fourth-order valence-electron chi connectivity index (χ4n) is 7.53. The highest BCUT2D eigenvalue weighted by atomic mass is 14.9. The summed E-state index contributed by atoms with van der Waals surface area (Å²) in [6.07, 6.45) is 0. The summed E-state index contributed by atoms with van der Waals surface area (Å²) < 4.78 is 0. The number of para-hydroxylation sites is 1. The second-order valence-corrected chi connectivity index (χ2v) is 11.4. The first-order chi connectivity index (χ1) is 20.8. The Bertz CT molecular complexity index is 2140. The van der Waals surface area contributed by atoms with Gasteiger partial charge in [0.25, 0.3) is 0 Å². The van der Waals surface area contributed by atoms with Crippen LogP contribution in [0, 0.1) is 0 Å². The van der Waals surface area contributed by atoms with Crippen LogP contribution in [-0.4, -0.2) is 0 Å². The molecule has 1 N–H and O–H groups in total. The second kappa shape index (κ2) is 8.80. The van der Waals surface area contributed by atoms with E-state index in [0.717, 1.165) is 11.4 Å². The molecule has 0 saturated heterocycles. The monoisotopic (exact) mass is 533 g/mol. The normalized spacial score (nSPS) is 13.4. The van der Waals surface area contributed by atoms with Crippen molar-refractivity contribution in [2.45, 2.75) is 5.41 Å². The lowest BCUT2D eigenvalue weighted by Gasteiger charge is -2.30. The maximum absolute atomic E-state index is 3.72. The number of hydrogen-bond donors (Lipinski definition) is 1. The zero-order chi connectivity index (χ0) is 27.7. The van der Waals surface area contributed by atoms with E-state index < -0.39 is 0 Å². The van der Waals surface area contributed by atoms with Crippen LogP contribution in [0.1, 0.15) is 22.3 Å². The molecule has 196 valence electrons. The first kappa shape index (κ1) is 23.3. The summed E-state index contributed by atoms with van der Waals surface area (Å²) in [5, 5.41) is 6.21. The zero-order valence-electron chi connectivity index (χ0n) is 23.0. The molecule has 0 fully saturated rings. The van der Waals surface area contributed by atoms with Crippen molar-refractivity contribution in [3.63, 3.8) is 0 Å². The molecule has 0 bridgehead atoms. The third kappa shape index (κ3) is 3.14. The van der Waals surface area contributed by atoms with Crippen LogP contribution in [0.3, 0.4) is 0 Å². The standard InChI is InChI=1S/C41H27N/c1-2-12-28-25-30(23-21-27(28)11-1)42-40-20-10-6-13-31(40)29-22-24-39-35(26-29)34-16-5-9-19-38(34)41(39)36-17-7-3-14-32(36)33-15-4-8-18-37(33)41/h1-26,42H. The zero-order valence-corrected chi connectivity index (χ0v) is 23.0. The minimum Gasteiger partial charge on any atom is -0.355 e. The Morgan fingerprint density at radius 1 is 0.357 bits per heavy atom. The van der Waals surface area contributed by atoms with E-state index in [9.17, 15) is 0 Å². The molecule has 2 aliphatic carbocycles. The Labute approximate surface area is 245 Å². The number of nitrogens with one attached hydrogen (secondary N) is 1. The third-order valence-electron chi connectivity index (χ3n) is 9.26. The number of benzene rings is 7. The molecule has 1 heteroatoms. The molecule has 42 heavy (non-hydrogen) atoms. The molecular weight excluding hydrogens is 506 g/mol. The van der Waals surface area contributed by atoms with Crippen molar-refractivity contribution < 1.29 is 0 Å². The maximum Gasteiger partial charge on any atom is 0.0725 e. The van der Waals surface area contributed by atoms with Crippen LogP contribution in [0.25, 0.3) is 44.2 Å². The van der Waals surface area contributed by atoms with E-state index in [1.165, 1.54) is 66.4 Å². The van der Waals surface area contributed by atoms with Gasteiger partial charge in [0.2, 0.25) is 0 Å². The molecule has 0 saturated carbocycles. The van der Waals surface area contributed by atoms with E-state index in [1.54, 1.807) is 0 Å². The molecule has 2 aliphatic rings. The summed E-state index contributed by atoms with van der Waals surface area (Å²) in [4.78, 5) is 0. The van der Waals surface area contributed by atoms with Crippen molar-refractivity contribution in [2.24, 2.45) is 0 Å². The van der Waals surface area contributed by atoms with Crippen LogP contribution < -0.4 is 5.32 Å². The molecule has 0 atom stereocenters. The lowest BCUT2D eigenvalue weighted by Crippen LogP contribution is -2.25. The van der Waals surface area contributed by atoms with Gasteiger partial charge in [-0.15, -0.1) is 0 Å². The van der Waals surface area contributed by atoms with Crippen molar-refractivity contribution in [3.8, 4) is 33.4 Å². The molecule has 0 aromatic heterocycles. The fraction of sp³-hybridized carbons (Fsp3) is 0.0244. The van der Waals surface area contributed by atoms with Gasteiger partial charge in [-0.2, -0.15) is 0 Å². The van der Waals surface area contributed by atoms with Crippen molar-refractivity contribution in [1.82, 2.24) is 0 Å². The molecule has 0 unspecified atom stereocenters. The van der Waals surface area contributed by atoms with Gasteiger partial charge in [0, 0.05) is 16.9 Å². The van der Waals surface area contributed by atoms with Gasteiger partial charge in [-0.25, -0.2) is 0 Å². The molecule has 1 nitrogen and oxygen atoms in total. The number of hydrogen-bond acceptors (Lipinski definition) is 1. The summed E-state index contributed by atoms with van der Waals surface area (Å²) in [6, 6.07) is 57.8. The van der Waals surface area contributed by atoms with Gasteiger partial charge in [-0.1, -0.05) is 133 Å². The van der Waals surface area contributed by atoms with Crippen LogP contribution in [-0.2, 0) is 5.41 Å².